The number of hydrogen-bond acceptors (Lipinski definition) is 2. The van der Waals surface area contributed by atoms with Crippen LogP contribution < -0.4 is 4.90 Å². The summed E-state index contributed by atoms with van der Waals surface area (Å²) in [6.07, 6.45) is 8.54. The predicted octanol–water partition coefficient (Wildman–Crippen LogP) is 3.89. The second kappa shape index (κ2) is 5.53. The minimum absolute atomic E-state index is 0.590. The van der Waals surface area contributed by atoms with Crippen LogP contribution >= 0.6 is 11.6 Å². The van der Waals surface area contributed by atoms with Gasteiger partial charge >= 0.3 is 0 Å². The summed E-state index contributed by atoms with van der Waals surface area (Å²) in [6.45, 7) is 3.26. The van der Waals surface area contributed by atoms with Crippen molar-refractivity contribution in [2.75, 3.05) is 11.4 Å². The molecule has 0 N–H and O–H groups in total. The van der Waals surface area contributed by atoms with E-state index in [9.17, 15) is 0 Å². The molecule has 1 heterocycles. The van der Waals surface area contributed by atoms with Gasteiger partial charge in [-0.15, -0.1) is 0 Å². The SMILES string of the molecule is CCN(c1ccnc(Cl)c1)C1CCCCC1. The summed E-state index contributed by atoms with van der Waals surface area (Å²) in [5.74, 6) is 0. The Morgan fingerprint density at radius 3 is 2.75 bits per heavy atom. The molecule has 1 saturated carbocycles. The van der Waals surface area contributed by atoms with Gasteiger partial charge in [-0.1, -0.05) is 30.9 Å². The van der Waals surface area contributed by atoms with E-state index >= 15 is 0 Å². The second-order valence-electron chi connectivity index (χ2n) is 4.41. The molecule has 2 rings (SSSR count). The van der Waals surface area contributed by atoms with E-state index in [1.54, 1.807) is 6.20 Å². The molecule has 0 aromatic carbocycles. The molecule has 16 heavy (non-hydrogen) atoms. The van der Waals surface area contributed by atoms with Crippen LogP contribution in [-0.2, 0) is 0 Å². The quantitative estimate of drug-likeness (QED) is 0.743. The highest BCUT2D eigenvalue weighted by atomic mass is 35.5. The summed E-state index contributed by atoms with van der Waals surface area (Å²) >= 11 is 5.95. The molecule has 0 saturated heterocycles. The van der Waals surface area contributed by atoms with Crippen LogP contribution in [0.2, 0.25) is 5.15 Å². The van der Waals surface area contributed by atoms with E-state index in [0.29, 0.717) is 11.2 Å². The number of aromatic nitrogens is 1. The highest BCUT2D eigenvalue weighted by Gasteiger charge is 2.20. The molecule has 1 aromatic heterocycles. The van der Waals surface area contributed by atoms with Crippen molar-refractivity contribution in [2.24, 2.45) is 0 Å². The third-order valence-corrected chi connectivity index (χ3v) is 3.60. The van der Waals surface area contributed by atoms with E-state index in [1.165, 1.54) is 37.8 Å². The molecular weight excluding hydrogens is 220 g/mol. The van der Waals surface area contributed by atoms with Crippen molar-refractivity contribution in [3.05, 3.63) is 23.5 Å². The zero-order valence-electron chi connectivity index (χ0n) is 9.82. The lowest BCUT2D eigenvalue weighted by atomic mass is 9.94. The third-order valence-electron chi connectivity index (χ3n) is 3.40. The van der Waals surface area contributed by atoms with Gasteiger partial charge in [-0.05, 0) is 31.9 Å². The number of rotatable bonds is 3. The predicted molar refractivity (Wildman–Crippen MR) is 69.1 cm³/mol. The molecule has 1 aliphatic carbocycles. The molecule has 2 nitrogen and oxygen atoms in total. The van der Waals surface area contributed by atoms with Gasteiger partial charge in [0.1, 0.15) is 5.15 Å². The van der Waals surface area contributed by atoms with E-state index in [2.05, 4.69) is 22.9 Å². The summed E-state index contributed by atoms with van der Waals surface area (Å²) in [5.41, 5.74) is 1.22. The van der Waals surface area contributed by atoms with E-state index in [-0.39, 0.29) is 0 Å². The molecular formula is C13H19ClN2. The fourth-order valence-corrected chi connectivity index (χ4v) is 2.78. The van der Waals surface area contributed by atoms with E-state index in [0.717, 1.165) is 6.54 Å². The molecule has 1 aliphatic rings. The van der Waals surface area contributed by atoms with Crippen molar-refractivity contribution in [3.8, 4) is 0 Å². The van der Waals surface area contributed by atoms with Gasteiger partial charge in [0.05, 0.1) is 0 Å². The van der Waals surface area contributed by atoms with Crippen LogP contribution in [-0.4, -0.2) is 17.6 Å². The minimum atomic E-state index is 0.590. The number of halogens is 1. The Morgan fingerprint density at radius 2 is 2.12 bits per heavy atom. The Hall–Kier alpha value is -0.760. The molecule has 1 fully saturated rings. The summed E-state index contributed by atoms with van der Waals surface area (Å²) < 4.78 is 0. The van der Waals surface area contributed by atoms with E-state index in [4.69, 9.17) is 11.6 Å². The van der Waals surface area contributed by atoms with Gasteiger partial charge in [-0.3, -0.25) is 0 Å². The Kier molecular flexibility index (Phi) is 4.05. The molecule has 0 radical (unpaired) electrons. The van der Waals surface area contributed by atoms with Crippen molar-refractivity contribution < 1.29 is 0 Å². The summed E-state index contributed by atoms with van der Waals surface area (Å²) in [7, 11) is 0. The van der Waals surface area contributed by atoms with Crippen molar-refractivity contribution >= 4 is 17.3 Å². The Balaban J connectivity index is 2.14. The first-order chi connectivity index (χ1) is 7.81. The Bertz CT molecular complexity index is 334. The highest BCUT2D eigenvalue weighted by molar-refractivity contribution is 6.29. The maximum Gasteiger partial charge on any atom is 0.131 e. The highest BCUT2D eigenvalue weighted by Crippen LogP contribution is 2.27. The van der Waals surface area contributed by atoms with Crippen LogP contribution in [0.5, 0.6) is 0 Å². The molecule has 0 amide bonds. The van der Waals surface area contributed by atoms with Gasteiger partial charge in [0.15, 0.2) is 0 Å². The normalized spacial score (nSPS) is 17.4. The smallest absolute Gasteiger partial charge is 0.131 e. The number of pyridine rings is 1. The van der Waals surface area contributed by atoms with Gasteiger partial charge in [0.25, 0.3) is 0 Å². The van der Waals surface area contributed by atoms with Crippen LogP contribution in [0, 0.1) is 0 Å². The Morgan fingerprint density at radius 1 is 1.38 bits per heavy atom. The van der Waals surface area contributed by atoms with E-state index < -0.39 is 0 Å². The largest absolute Gasteiger partial charge is 0.369 e. The lowest BCUT2D eigenvalue weighted by Crippen LogP contribution is -2.36. The average molecular weight is 239 g/mol. The van der Waals surface area contributed by atoms with Crippen molar-refractivity contribution in [3.63, 3.8) is 0 Å². The maximum atomic E-state index is 5.95. The number of hydrogen-bond donors (Lipinski definition) is 0. The van der Waals surface area contributed by atoms with E-state index in [1.807, 2.05) is 6.07 Å². The standard InChI is InChI=1S/C13H19ClN2/c1-2-16(11-6-4-3-5-7-11)12-8-9-15-13(14)10-12/h8-11H,2-7H2,1H3. The molecule has 0 spiro atoms. The van der Waals surface area contributed by atoms with Crippen LogP contribution in [0.1, 0.15) is 39.0 Å². The summed E-state index contributed by atoms with van der Waals surface area (Å²) in [5, 5.41) is 0.590. The van der Waals surface area contributed by atoms with Crippen LogP contribution in [0.3, 0.4) is 0 Å². The van der Waals surface area contributed by atoms with Gasteiger partial charge in [0.2, 0.25) is 0 Å². The van der Waals surface area contributed by atoms with Crippen LogP contribution in [0.15, 0.2) is 18.3 Å². The van der Waals surface area contributed by atoms with Crippen molar-refractivity contribution in [2.45, 2.75) is 45.1 Å². The van der Waals surface area contributed by atoms with Crippen molar-refractivity contribution in [1.82, 2.24) is 4.98 Å². The van der Waals surface area contributed by atoms with Gasteiger partial charge in [-0.25, -0.2) is 4.98 Å². The molecule has 1 aromatic rings. The average Bonchev–Trinajstić information content (AvgIpc) is 2.31. The van der Waals surface area contributed by atoms with Gasteiger partial charge in [-0.2, -0.15) is 0 Å². The zero-order valence-corrected chi connectivity index (χ0v) is 10.6. The van der Waals surface area contributed by atoms with Gasteiger partial charge < -0.3 is 4.90 Å². The number of anilines is 1. The first kappa shape index (κ1) is 11.7. The lowest BCUT2D eigenvalue weighted by molar-refractivity contribution is 0.418. The van der Waals surface area contributed by atoms with Gasteiger partial charge in [0, 0.05) is 24.5 Å². The van der Waals surface area contributed by atoms with Crippen LogP contribution in [0.4, 0.5) is 5.69 Å². The second-order valence-corrected chi connectivity index (χ2v) is 4.80. The van der Waals surface area contributed by atoms with Crippen LogP contribution in [0.25, 0.3) is 0 Å². The first-order valence-corrected chi connectivity index (χ1v) is 6.57. The topological polar surface area (TPSA) is 16.1 Å². The molecule has 0 atom stereocenters. The monoisotopic (exact) mass is 238 g/mol. The minimum Gasteiger partial charge on any atom is -0.369 e. The number of nitrogens with zero attached hydrogens (tertiary/aromatic N) is 2. The summed E-state index contributed by atoms with van der Waals surface area (Å²) in [4.78, 5) is 6.51. The van der Waals surface area contributed by atoms with Crippen molar-refractivity contribution in [1.29, 1.82) is 0 Å². The zero-order chi connectivity index (χ0) is 11.4. The molecule has 0 aliphatic heterocycles. The maximum absolute atomic E-state index is 5.95. The molecule has 0 bridgehead atoms. The summed E-state index contributed by atoms with van der Waals surface area (Å²) in [6, 6.07) is 4.72. The fraction of sp³-hybridized carbons (Fsp3) is 0.615. The first-order valence-electron chi connectivity index (χ1n) is 6.19. The third kappa shape index (κ3) is 2.67. The fourth-order valence-electron chi connectivity index (χ4n) is 2.62. The molecule has 88 valence electrons. The molecule has 0 unspecified atom stereocenters. The lowest BCUT2D eigenvalue weighted by Gasteiger charge is -2.35. The Labute approximate surface area is 103 Å². The molecule has 3 heteroatoms.